The maximum absolute atomic E-state index is 13.0. The van der Waals surface area contributed by atoms with Gasteiger partial charge in [0.15, 0.2) is 0 Å². The van der Waals surface area contributed by atoms with Gasteiger partial charge >= 0.3 is 0 Å². The van der Waals surface area contributed by atoms with E-state index in [0.717, 1.165) is 30.5 Å². The van der Waals surface area contributed by atoms with E-state index >= 15 is 0 Å². The Hall–Kier alpha value is -2.14. The molecule has 0 saturated heterocycles. The molecule has 0 unspecified atom stereocenters. The normalized spacial score (nSPS) is 16.7. The molecular formula is C21H26N2O2S. The smallest absolute Gasteiger partial charge is 0.258 e. The van der Waals surface area contributed by atoms with Crippen molar-refractivity contribution >= 4 is 33.8 Å². The van der Waals surface area contributed by atoms with Gasteiger partial charge in [-0.15, -0.1) is 11.3 Å². The minimum absolute atomic E-state index is 0.0714. The molecule has 0 fully saturated rings. The van der Waals surface area contributed by atoms with E-state index in [2.05, 4.69) is 17.6 Å². The Morgan fingerprint density at radius 2 is 1.81 bits per heavy atom. The third kappa shape index (κ3) is 3.98. The molecule has 2 aromatic rings. The molecule has 0 saturated carbocycles. The van der Waals surface area contributed by atoms with Crippen molar-refractivity contribution in [2.75, 3.05) is 10.6 Å². The minimum atomic E-state index is -0.509. The highest BCUT2D eigenvalue weighted by Gasteiger charge is 2.30. The van der Waals surface area contributed by atoms with Gasteiger partial charge in [0.25, 0.3) is 5.91 Å². The van der Waals surface area contributed by atoms with Gasteiger partial charge in [-0.3, -0.25) is 9.59 Å². The number of hydrogen-bond acceptors (Lipinski definition) is 3. The fourth-order valence-electron chi connectivity index (χ4n) is 3.08. The lowest BCUT2D eigenvalue weighted by Crippen LogP contribution is -2.28. The molecule has 0 bridgehead atoms. The summed E-state index contributed by atoms with van der Waals surface area (Å²) in [5.41, 5.74) is 1.99. The largest absolute Gasteiger partial charge is 0.322 e. The third-order valence-corrected chi connectivity index (χ3v) is 5.85. The van der Waals surface area contributed by atoms with Crippen molar-refractivity contribution in [3.63, 3.8) is 0 Å². The zero-order valence-corrected chi connectivity index (χ0v) is 16.6. The Labute approximate surface area is 159 Å². The van der Waals surface area contributed by atoms with Gasteiger partial charge in [-0.1, -0.05) is 45.9 Å². The Balaban J connectivity index is 1.96. The summed E-state index contributed by atoms with van der Waals surface area (Å²) in [5.74, 6) is 0.391. The first kappa shape index (κ1) is 18.6. The van der Waals surface area contributed by atoms with E-state index in [1.807, 2.05) is 51.1 Å². The minimum Gasteiger partial charge on any atom is -0.322 e. The number of thiophene rings is 1. The first-order valence-electron chi connectivity index (χ1n) is 9.08. The van der Waals surface area contributed by atoms with Gasteiger partial charge in [0.05, 0.1) is 5.56 Å². The van der Waals surface area contributed by atoms with Crippen LogP contribution in [-0.4, -0.2) is 11.8 Å². The molecule has 26 heavy (non-hydrogen) atoms. The van der Waals surface area contributed by atoms with Crippen LogP contribution in [0, 0.1) is 11.3 Å². The van der Waals surface area contributed by atoms with E-state index in [0.29, 0.717) is 16.5 Å². The molecule has 3 rings (SSSR count). The average Bonchev–Trinajstić information content (AvgIpc) is 2.91. The van der Waals surface area contributed by atoms with E-state index in [1.54, 1.807) is 11.3 Å². The summed E-state index contributed by atoms with van der Waals surface area (Å²) in [4.78, 5) is 26.8. The molecule has 138 valence electrons. The molecule has 5 heteroatoms. The molecule has 1 aliphatic carbocycles. The zero-order valence-electron chi connectivity index (χ0n) is 15.8. The van der Waals surface area contributed by atoms with Crippen LogP contribution < -0.4 is 10.6 Å². The molecule has 2 amide bonds. The third-order valence-electron chi connectivity index (χ3n) is 4.68. The molecule has 4 nitrogen and oxygen atoms in total. The zero-order chi connectivity index (χ0) is 18.9. The molecule has 1 aliphatic rings. The Kier molecular flexibility index (Phi) is 5.19. The molecule has 2 N–H and O–H groups in total. The van der Waals surface area contributed by atoms with Crippen LogP contribution in [0.5, 0.6) is 0 Å². The highest BCUT2D eigenvalue weighted by molar-refractivity contribution is 7.17. The Morgan fingerprint density at radius 3 is 2.46 bits per heavy atom. The fourth-order valence-corrected chi connectivity index (χ4v) is 4.49. The van der Waals surface area contributed by atoms with Crippen molar-refractivity contribution in [1.29, 1.82) is 0 Å². The van der Waals surface area contributed by atoms with Crippen molar-refractivity contribution in [2.24, 2.45) is 11.3 Å². The second-order valence-electron chi connectivity index (χ2n) is 8.08. The van der Waals surface area contributed by atoms with Crippen LogP contribution in [0.4, 0.5) is 10.7 Å². The van der Waals surface area contributed by atoms with Gasteiger partial charge in [0, 0.05) is 16.0 Å². The number of amides is 2. The second-order valence-corrected chi connectivity index (χ2v) is 9.19. The lowest BCUT2D eigenvalue weighted by atomic mass is 9.88. The van der Waals surface area contributed by atoms with Crippen molar-refractivity contribution < 1.29 is 9.59 Å². The monoisotopic (exact) mass is 370 g/mol. The first-order valence-corrected chi connectivity index (χ1v) is 9.89. The number of carbonyl (C=O) groups excluding carboxylic acids is 2. The predicted molar refractivity (Wildman–Crippen MR) is 108 cm³/mol. The quantitative estimate of drug-likeness (QED) is 0.789. The molecule has 1 atom stereocenters. The number of para-hydroxylation sites is 1. The number of rotatable bonds is 3. The first-order chi connectivity index (χ1) is 12.3. The fraction of sp³-hybridized carbons (Fsp3) is 0.429. The molecular weight excluding hydrogens is 344 g/mol. The van der Waals surface area contributed by atoms with Crippen LogP contribution in [0.25, 0.3) is 0 Å². The van der Waals surface area contributed by atoms with Gasteiger partial charge in [-0.05, 0) is 42.9 Å². The molecule has 1 aromatic heterocycles. The highest BCUT2D eigenvalue weighted by atomic mass is 32.1. The van der Waals surface area contributed by atoms with Crippen LogP contribution in [0.1, 0.15) is 54.9 Å². The summed E-state index contributed by atoms with van der Waals surface area (Å²) < 4.78 is 0. The van der Waals surface area contributed by atoms with E-state index < -0.39 is 5.41 Å². The van der Waals surface area contributed by atoms with E-state index in [4.69, 9.17) is 0 Å². The average molecular weight is 371 g/mol. The van der Waals surface area contributed by atoms with Crippen LogP contribution in [-0.2, 0) is 17.6 Å². The van der Waals surface area contributed by atoms with Crippen molar-refractivity contribution in [3.05, 3.63) is 46.3 Å². The van der Waals surface area contributed by atoms with Crippen LogP contribution >= 0.6 is 11.3 Å². The lowest BCUT2D eigenvalue weighted by Gasteiger charge is -2.19. The van der Waals surface area contributed by atoms with Crippen molar-refractivity contribution in [1.82, 2.24) is 0 Å². The molecule has 1 aromatic carbocycles. The number of benzene rings is 1. The summed E-state index contributed by atoms with van der Waals surface area (Å²) in [6, 6.07) is 9.43. The molecule has 0 aliphatic heterocycles. The number of carbonyl (C=O) groups is 2. The maximum Gasteiger partial charge on any atom is 0.258 e. The molecule has 1 heterocycles. The summed E-state index contributed by atoms with van der Waals surface area (Å²) in [7, 11) is 0. The summed E-state index contributed by atoms with van der Waals surface area (Å²) in [6.45, 7) is 7.87. The number of nitrogens with one attached hydrogen (secondary N) is 2. The van der Waals surface area contributed by atoms with Crippen LogP contribution in [0.2, 0.25) is 0 Å². The summed E-state index contributed by atoms with van der Waals surface area (Å²) >= 11 is 1.56. The topological polar surface area (TPSA) is 58.2 Å². The van der Waals surface area contributed by atoms with Crippen LogP contribution in [0.3, 0.4) is 0 Å². The SMILES string of the molecule is C[C@@H]1CCc2c(sc(NC(=O)C(C)(C)C)c2C(=O)Nc2ccccc2)C1. The van der Waals surface area contributed by atoms with Crippen molar-refractivity contribution in [2.45, 2.75) is 47.0 Å². The maximum atomic E-state index is 13.0. The van der Waals surface area contributed by atoms with Gasteiger partial charge < -0.3 is 10.6 Å². The van der Waals surface area contributed by atoms with Crippen molar-refractivity contribution in [3.8, 4) is 0 Å². The van der Waals surface area contributed by atoms with Gasteiger partial charge in [0.2, 0.25) is 5.91 Å². The Bertz CT molecular complexity index is 819. The molecule has 0 spiro atoms. The van der Waals surface area contributed by atoms with E-state index in [-0.39, 0.29) is 11.8 Å². The highest BCUT2D eigenvalue weighted by Crippen LogP contribution is 2.40. The number of hydrogen-bond donors (Lipinski definition) is 2. The van der Waals surface area contributed by atoms with Gasteiger partial charge in [0.1, 0.15) is 5.00 Å². The van der Waals surface area contributed by atoms with Gasteiger partial charge in [-0.25, -0.2) is 0 Å². The lowest BCUT2D eigenvalue weighted by molar-refractivity contribution is -0.123. The second kappa shape index (κ2) is 7.23. The number of fused-ring (bicyclic) bond motifs is 1. The summed E-state index contributed by atoms with van der Waals surface area (Å²) in [5, 5.41) is 6.66. The standard InChI is InChI=1S/C21H26N2O2S/c1-13-10-11-15-16(12-13)26-19(23-20(25)21(2,3)4)17(15)18(24)22-14-8-6-5-7-9-14/h5-9,13H,10-12H2,1-4H3,(H,22,24)(H,23,25)/t13-/m1/s1. The van der Waals surface area contributed by atoms with Gasteiger partial charge in [-0.2, -0.15) is 0 Å². The van der Waals surface area contributed by atoms with Crippen LogP contribution in [0.15, 0.2) is 30.3 Å². The Morgan fingerprint density at radius 1 is 1.12 bits per heavy atom. The van der Waals surface area contributed by atoms with E-state index in [1.165, 1.54) is 4.88 Å². The predicted octanol–water partition coefficient (Wildman–Crippen LogP) is 5.11. The number of anilines is 2. The molecule has 0 radical (unpaired) electrons. The summed E-state index contributed by atoms with van der Waals surface area (Å²) in [6.07, 6.45) is 2.93. The van der Waals surface area contributed by atoms with E-state index in [9.17, 15) is 9.59 Å².